The minimum absolute atomic E-state index is 0.0134. The molecule has 1 saturated carbocycles. The van der Waals surface area contributed by atoms with Crippen molar-refractivity contribution in [3.8, 4) is 0 Å². The predicted molar refractivity (Wildman–Crippen MR) is 76.5 cm³/mol. The van der Waals surface area contributed by atoms with Crippen LogP contribution in [0.15, 0.2) is 23.1 Å². The number of nitrogen functional groups attached to an aromatic ring is 1. The highest BCUT2D eigenvalue weighted by Gasteiger charge is 2.21. The smallest absolute Gasteiger partial charge is 0.248 e. The van der Waals surface area contributed by atoms with Gasteiger partial charge in [0.15, 0.2) is 0 Å². The van der Waals surface area contributed by atoms with Crippen LogP contribution in [0.25, 0.3) is 0 Å². The van der Waals surface area contributed by atoms with E-state index in [1.807, 2.05) is 0 Å². The zero-order chi connectivity index (χ0) is 14.8. The van der Waals surface area contributed by atoms with E-state index in [0.717, 1.165) is 25.7 Å². The molecule has 110 valence electrons. The Labute approximate surface area is 118 Å². The van der Waals surface area contributed by atoms with Crippen LogP contribution in [0.5, 0.6) is 0 Å². The van der Waals surface area contributed by atoms with Gasteiger partial charge in [-0.1, -0.05) is 12.8 Å². The Hall–Kier alpha value is -1.60. The third-order valence-corrected chi connectivity index (χ3v) is 5.12. The van der Waals surface area contributed by atoms with E-state index in [4.69, 9.17) is 11.5 Å². The van der Waals surface area contributed by atoms with Crippen LogP contribution in [0, 0.1) is 5.92 Å². The average Bonchev–Trinajstić information content (AvgIpc) is 2.89. The molecule has 7 heteroatoms. The van der Waals surface area contributed by atoms with Crippen molar-refractivity contribution >= 4 is 21.6 Å². The van der Waals surface area contributed by atoms with E-state index in [1.54, 1.807) is 0 Å². The van der Waals surface area contributed by atoms with E-state index in [0.29, 0.717) is 12.5 Å². The predicted octanol–water partition coefficient (Wildman–Crippen LogP) is 0.836. The molecule has 1 aromatic rings. The SMILES string of the molecule is NC(=O)c1ccc(S(=O)(=O)NCC2CCCC2)c(N)c1. The minimum Gasteiger partial charge on any atom is -0.398 e. The van der Waals surface area contributed by atoms with Crippen molar-refractivity contribution in [1.82, 2.24) is 4.72 Å². The Balaban J connectivity index is 2.14. The maximum absolute atomic E-state index is 12.2. The number of benzene rings is 1. The second kappa shape index (κ2) is 5.80. The van der Waals surface area contributed by atoms with Gasteiger partial charge in [-0.05, 0) is 37.0 Å². The van der Waals surface area contributed by atoms with E-state index >= 15 is 0 Å². The number of sulfonamides is 1. The highest BCUT2D eigenvalue weighted by molar-refractivity contribution is 7.89. The van der Waals surface area contributed by atoms with Gasteiger partial charge < -0.3 is 11.5 Å². The summed E-state index contributed by atoms with van der Waals surface area (Å²) >= 11 is 0. The minimum atomic E-state index is -3.65. The summed E-state index contributed by atoms with van der Waals surface area (Å²) in [6, 6.07) is 3.96. The fourth-order valence-electron chi connectivity index (χ4n) is 2.47. The van der Waals surface area contributed by atoms with Crippen LogP contribution in [0.4, 0.5) is 5.69 Å². The van der Waals surface area contributed by atoms with Crippen LogP contribution in [0.2, 0.25) is 0 Å². The van der Waals surface area contributed by atoms with Crippen molar-refractivity contribution in [2.75, 3.05) is 12.3 Å². The maximum Gasteiger partial charge on any atom is 0.248 e. The first kappa shape index (κ1) is 14.8. The largest absolute Gasteiger partial charge is 0.398 e. The Bertz CT molecular complexity index is 607. The summed E-state index contributed by atoms with van der Waals surface area (Å²) in [5, 5.41) is 0. The highest BCUT2D eigenvalue weighted by Crippen LogP contribution is 2.25. The number of carbonyl (C=O) groups is 1. The zero-order valence-electron chi connectivity index (χ0n) is 11.1. The molecular weight excluding hydrogens is 278 g/mol. The molecule has 0 aromatic heterocycles. The summed E-state index contributed by atoms with van der Waals surface area (Å²) in [4.78, 5) is 11.0. The molecule has 0 spiro atoms. The number of anilines is 1. The molecule has 2 rings (SSSR count). The fraction of sp³-hybridized carbons (Fsp3) is 0.462. The molecule has 0 aliphatic heterocycles. The molecule has 1 aromatic carbocycles. The van der Waals surface area contributed by atoms with Crippen LogP contribution in [-0.4, -0.2) is 20.9 Å². The summed E-state index contributed by atoms with van der Waals surface area (Å²) in [5.41, 5.74) is 11.0. The Morgan fingerprint density at radius 1 is 1.30 bits per heavy atom. The lowest BCUT2D eigenvalue weighted by atomic mass is 10.1. The first-order chi connectivity index (χ1) is 9.40. The van der Waals surface area contributed by atoms with Crippen molar-refractivity contribution in [1.29, 1.82) is 0 Å². The standard InChI is InChI=1S/C13H19N3O3S/c14-11-7-10(13(15)17)5-6-12(11)20(18,19)16-8-9-3-1-2-4-9/h5-7,9,16H,1-4,8,14H2,(H2,15,17). The van der Waals surface area contributed by atoms with Crippen molar-refractivity contribution in [3.63, 3.8) is 0 Å². The summed E-state index contributed by atoms with van der Waals surface area (Å²) < 4.78 is 26.9. The molecule has 1 aliphatic rings. The monoisotopic (exact) mass is 297 g/mol. The van der Waals surface area contributed by atoms with E-state index in [2.05, 4.69) is 4.72 Å². The first-order valence-corrected chi connectivity index (χ1v) is 8.07. The molecule has 6 nitrogen and oxygen atoms in total. The van der Waals surface area contributed by atoms with Gasteiger partial charge in [0.2, 0.25) is 15.9 Å². The van der Waals surface area contributed by atoms with Gasteiger partial charge in [-0.2, -0.15) is 0 Å². The molecule has 1 amide bonds. The van der Waals surface area contributed by atoms with Gasteiger partial charge in [0.05, 0.1) is 5.69 Å². The van der Waals surface area contributed by atoms with Gasteiger partial charge >= 0.3 is 0 Å². The Kier molecular flexibility index (Phi) is 4.29. The van der Waals surface area contributed by atoms with Crippen LogP contribution < -0.4 is 16.2 Å². The second-order valence-corrected chi connectivity index (χ2v) is 6.85. The number of rotatable bonds is 5. The number of nitrogens with one attached hydrogen (secondary N) is 1. The lowest BCUT2D eigenvalue weighted by Gasteiger charge is -2.13. The summed E-state index contributed by atoms with van der Waals surface area (Å²) in [7, 11) is -3.65. The molecule has 0 saturated heterocycles. The summed E-state index contributed by atoms with van der Waals surface area (Å²) in [5.74, 6) is -0.240. The zero-order valence-corrected chi connectivity index (χ0v) is 11.9. The molecular formula is C13H19N3O3S. The number of carbonyl (C=O) groups excluding carboxylic acids is 1. The van der Waals surface area contributed by atoms with Crippen LogP contribution in [-0.2, 0) is 10.0 Å². The Morgan fingerprint density at radius 2 is 1.95 bits per heavy atom. The Morgan fingerprint density at radius 3 is 2.50 bits per heavy atom. The van der Waals surface area contributed by atoms with E-state index in [9.17, 15) is 13.2 Å². The van der Waals surface area contributed by atoms with Crippen molar-refractivity contribution in [2.45, 2.75) is 30.6 Å². The lowest BCUT2D eigenvalue weighted by molar-refractivity contribution is 0.1000. The number of hydrogen-bond acceptors (Lipinski definition) is 4. The number of nitrogens with two attached hydrogens (primary N) is 2. The van der Waals surface area contributed by atoms with Gasteiger partial charge in [-0.15, -0.1) is 0 Å². The topological polar surface area (TPSA) is 115 Å². The van der Waals surface area contributed by atoms with Crippen molar-refractivity contribution in [3.05, 3.63) is 23.8 Å². The van der Waals surface area contributed by atoms with Crippen molar-refractivity contribution < 1.29 is 13.2 Å². The molecule has 5 N–H and O–H groups in total. The maximum atomic E-state index is 12.2. The lowest BCUT2D eigenvalue weighted by Crippen LogP contribution is -2.29. The normalized spacial score (nSPS) is 16.4. The van der Waals surface area contributed by atoms with Crippen molar-refractivity contribution in [2.24, 2.45) is 11.7 Å². The van der Waals surface area contributed by atoms with E-state index in [-0.39, 0.29) is 16.1 Å². The van der Waals surface area contributed by atoms with E-state index in [1.165, 1.54) is 18.2 Å². The van der Waals surface area contributed by atoms with Crippen LogP contribution >= 0.6 is 0 Å². The second-order valence-electron chi connectivity index (χ2n) is 5.12. The third-order valence-electron chi connectivity index (χ3n) is 3.62. The summed E-state index contributed by atoms with van der Waals surface area (Å²) in [6.45, 7) is 0.430. The first-order valence-electron chi connectivity index (χ1n) is 6.59. The molecule has 0 heterocycles. The molecule has 0 bridgehead atoms. The average molecular weight is 297 g/mol. The van der Waals surface area contributed by atoms with Gasteiger partial charge in [0.1, 0.15) is 4.90 Å². The highest BCUT2D eigenvalue weighted by atomic mass is 32.2. The molecule has 1 aliphatic carbocycles. The fourth-order valence-corrected chi connectivity index (χ4v) is 3.69. The van der Waals surface area contributed by atoms with Crippen LogP contribution in [0.1, 0.15) is 36.0 Å². The molecule has 20 heavy (non-hydrogen) atoms. The molecule has 0 radical (unpaired) electrons. The van der Waals surface area contributed by atoms with Gasteiger partial charge in [-0.25, -0.2) is 13.1 Å². The van der Waals surface area contributed by atoms with E-state index < -0.39 is 15.9 Å². The number of hydrogen-bond donors (Lipinski definition) is 3. The molecule has 1 fully saturated rings. The third kappa shape index (κ3) is 3.29. The quantitative estimate of drug-likeness (QED) is 0.698. The molecule has 0 unspecified atom stereocenters. The van der Waals surface area contributed by atoms with Crippen LogP contribution in [0.3, 0.4) is 0 Å². The number of amides is 1. The van der Waals surface area contributed by atoms with Gasteiger partial charge in [0.25, 0.3) is 0 Å². The molecule has 0 atom stereocenters. The number of primary amides is 1. The van der Waals surface area contributed by atoms with Gasteiger partial charge in [-0.3, -0.25) is 4.79 Å². The van der Waals surface area contributed by atoms with Gasteiger partial charge in [0, 0.05) is 12.1 Å². The summed E-state index contributed by atoms with van der Waals surface area (Å²) in [6.07, 6.45) is 4.42.